The van der Waals surface area contributed by atoms with Gasteiger partial charge in [0.15, 0.2) is 0 Å². The van der Waals surface area contributed by atoms with Crippen LogP contribution in [0.3, 0.4) is 0 Å². The quantitative estimate of drug-likeness (QED) is 0.339. The Bertz CT molecular complexity index is 371. The van der Waals surface area contributed by atoms with Gasteiger partial charge in [-0.25, -0.2) is 0 Å². The molecule has 6 heteroatoms. The summed E-state index contributed by atoms with van der Waals surface area (Å²) in [6.45, 7) is -0.278. The van der Waals surface area contributed by atoms with Crippen LogP contribution >= 0.6 is 0 Å². The molecule has 0 saturated heterocycles. The lowest BCUT2D eigenvalue weighted by Crippen LogP contribution is -2.16. The molecule has 0 aliphatic heterocycles. The van der Waals surface area contributed by atoms with Gasteiger partial charge in [-0.1, -0.05) is 0 Å². The van der Waals surface area contributed by atoms with Gasteiger partial charge in [0.25, 0.3) is 0 Å². The van der Waals surface area contributed by atoms with Crippen LogP contribution in [0.1, 0.15) is 22.3 Å². The van der Waals surface area contributed by atoms with E-state index in [-0.39, 0.29) is 26.4 Å². The molecule has 0 spiro atoms. The standard InChI is InChI=1S/C14H24N2O4/c15-13-9(1-5-17)10(2-6-18)14(16)12(4-8-20)11(13)3-7-19/h17-20H,1-8,15-16H2. The summed E-state index contributed by atoms with van der Waals surface area (Å²) in [4.78, 5) is 0. The Hall–Kier alpha value is -1.34. The average Bonchev–Trinajstić information content (AvgIpc) is 2.44. The van der Waals surface area contributed by atoms with Crippen molar-refractivity contribution in [3.05, 3.63) is 22.3 Å². The third-order valence-electron chi connectivity index (χ3n) is 3.48. The van der Waals surface area contributed by atoms with Crippen LogP contribution in [0, 0.1) is 0 Å². The van der Waals surface area contributed by atoms with Crippen LogP contribution in [-0.4, -0.2) is 46.9 Å². The minimum atomic E-state index is -0.0695. The maximum Gasteiger partial charge on any atom is 0.0472 e. The molecule has 0 amide bonds. The fourth-order valence-electron chi connectivity index (χ4n) is 2.60. The molecule has 0 saturated carbocycles. The number of benzene rings is 1. The topological polar surface area (TPSA) is 133 Å². The number of aliphatic hydroxyl groups is 4. The van der Waals surface area contributed by atoms with Gasteiger partial charge in [0, 0.05) is 37.8 Å². The normalized spacial score (nSPS) is 11.0. The van der Waals surface area contributed by atoms with E-state index in [0.717, 1.165) is 22.3 Å². The lowest BCUT2D eigenvalue weighted by Gasteiger charge is -2.22. The molecule has 0 unspecified atom stereocenters. The molecule has 0 heterocycles. The van der Waals surface area contributed by atoms with Crippen LogP contribution in [0.4, 0.5) is 11.4 Å². The first-order chi connectivity index (χ1) is 9.62. The molecule has 0 radical (unpaired) electrons. The predicted octanol–water partition coefficient (Wildman–Crippen LogP) is -1.01. The van der Waals surface area contributed by atoms with Gasteiger partial charge >= 0.3 is 0 Å². The third kappa shape index (κ3) is 3.40. The third-order valence-corrected chi connectivity index (χ3v) is 3.48. The van der Waals surface area contributed by atoms with Crippen LogP contribution < -0.4 is 11.5 Å². The minimum absolute atomic E-state index is 0.0695. The Morgan fingerprint density at radius 3 is 0.850 bits per heavy atom. The molecule has 8 N–H and O–H groups in total. The monoisotopic (exact) mass is 284 g/mol. The summed E-state index contributed by atoms with van der Waals surface area (Å²) < 4.78 is 0. The molecule has 0 aromatic heterocycles. The molecule has 1 aromatic rings. The molecule has 0 atom stereocenters. The molecule has 0 aliphatic rings. The Morgan fingerprint density at radius 2 is 0.700 bits per heavy atom. The Kier molecular flexibility index (Phi) is 6.74. The van der Waals surface area contributed by atoms with Gasteiger partial charge in [-0.2, -0.15) is 0 Å². The zero-order valence-corrected chi connectivity index (χ0v) is 11.6. The maximum atomic E-state index is 9.17. The second-order valence-electron chi connectivity index (χ2n) is 4.64. The summed E-state index contributed by atoms with van der Waals surface area (Å²) in [5.74, 6) is 0. The van der Waals surface area contributed by atoms with Crippen LogP contribution in [0.15, 0.2) is 0 Å². The van der Waals surface area contributed by atoms with E-state index in [1.165, 1.54) is 0 Å². The molecule has 0 fully saturated rings. The lowest BCUT2D eigenvalue weighted by atomic mass is 9.88. The second-order valence-corrected chi connectivity index (χ2v) is 4.64. The molecule has 1 rings (SSSR count). The van der Waals surface area contributed by atoms with Crippen molar-refractivity contribution in [1.82, 2.24) is 0 Å². The van der Waals surface area contributed by atoms with E-state index in [1.54, 1.807) is 0 Å². The molecule has 6 nitrogen and oxygen atoms in total. The van der Waals surface area contributed by atoms with Crippen molar-refractivity contribution in [2.45, 2.75) is 25.7 Å². The number of hydrogen-bond acceptors (Lipinski definition) is 6. The van der Waals surface area contributed by atoms with Crippen molar-refractivity contribution < 1.29 is 20.4 Å². The van der Waals surface area contributed by atoms with Crippen molar-refractivity contribution in [1.29, 1.82) is 0 Å². The van der Waals surface area contributed by atoms with E-state index in [9.17, 15) is 20.4 Å². The first-order valence-electron chi connectivity index (χ1n) is 6.76. The summed E-state index contributed by atoms with van der Waals surface area (Å²) in [6.07, 6.45) is 1.40. The van der Waals surface area contributed by atoms with E-state index in [1.807, 2.05) is 0 Å². The number of aliphatic hydroxyl groups excluding tert-OH is 4. The van der Waals surface area contributed by atoms with Gasteiger partial charge in [0.2, 0.25) is 0 Å². The van der Waals surface area contributed by atoms with Crippen molar-refractivity contribution in [2.75, 3.05) is 37.9 Å². The minimum Gasteiger partial charge on any atom is -0.398 e. The highest BCUT2D eigenvalue weighted by Gasteiger charge is 2.19. The molecular formula is C14H24N2O4. The van der Waals surface area contributed by atoms with Gasteiger partial charge in [-0.3, -0.25) is 0 Å². The molecule has 1 aromatic carbocycles. The maximum absolute atomic E-state index is 9.17. The molecule has 20 heavy (non-hydrogen) atoms. The Morgan fingerprint density at radius 1 is 0.500 bits per heavy atom. The first-order valence-corrected chi connectivity index (χ1v) is 6.76. The number of anilines is 2. The van der Waals surface area contributed by atoms with E-state index in [0.29, 0.717) is 37.1 Å². The van der Waals surface area contributed by atoms with E-state index < -0.39 is 0 Å². The fourth-order valence-corrected chi connectivity index (χ4v) is 2.60. The van der Waals surface area contributed by atoms with Crippen molar-refractivity contribution in [3.63, 3.8) is 0 Å². The van der Waals surface area contributed by atoms with Gasteiger partial charge in [-0.15, -0.1) is 0 Å². The summed E-state index contributed by atoms with van der Waals surface area (Å²) in [5, 5.41) is 36.7. The van der Waals surface area contributed by atoms with Crippen molar-refractivity contribution in [3.8, 4) is 0 Å². The zero-order valence-electron chi connectivity index (χ0n) is 11.6. The summed E-state index contributed by atoms with van der Waals surface area (Å²) in [7, 11) is 0. The number of nitrogen functional groups attached to an aromatic ring is 2. The van der Waals surface area contributed by atoms with Crippen molar-refractivity contribution >= 4 is 11.4 Å². The largest absolute Gasteiger partial charge is 0.398 e. The summed E-state index contributed by atoms with van der Waals surface area (Å²) in [6, 6.07) is 0. The number of rotatable bonds is 8. The van der Waals surface area contributed by atoms with Gasteiger partial charge in [-0.05, 0) is 47.9 Å². The summed E-state index contributed by atoms with van der Waals surface area (Å²) >= 11 is 0. The average molecular weight is 284 g/mol. The second kappa shape index (κ2) is 8.06. The predicted molar refractivity (Wildman–Crippen MR) is 78.4 cm³/mol. The van der Waals surface area contributed by atoms with Crippen LogP contribution in [0.2, 0.25) is 0 Å². The highest BCUT2D eigenvalue weighted by atomic mass is 16.3. The SMILES string of the molecule is Nc1c(CCO)c(CCO)c(N)c(CCO)c1CCO. The smallest absolute Gasteiger partial charge is 0.0472 e. The lowest BCUT2D eigenvalue weighted by molar-refractivity contribution is 0.290. The van der Waals surface area contributed by atoms with Crippen molar-refractivity contribution in [2.24, 2.45) is 0 Å². The van der Waals surface area contributed by atoms with E-state index in [4.69, 9.17) is 11.5 Å². The zero-order chi connectivity index (χ0) is 15.1. The molecule has 0 bridgehead atoms. The highest BCUT2D eigenvalue weighted by molar-refractivity contribution is 5.71. The van der Waals surface area contributed by atoms with Crippen LogP contribution in [0.5, 0.6) is 0 Å². The Balaban J connectivity index is 3.50. The van der Waals surface area contributed by atoms with Gasteiger partial charge in [0.05, 0.1) is 0 Å². The van der Waals surface area contributed by atoms with E-state index in [2.05, 4.69) is 0 Å². The highest BCUT2D eigenvalue weighted by Crippen LogP contribution is 2.34. The van der Waals surface area contributed by atoms with Gasteiger partial charge < -0.3 is 31.9 Å². The fraction of sp³-hybridized carbons (Fsp3) is 0.571. The first kappa shape index (κ1) is 16.7. The Labute approximate surface area is 118 Å². The number of hydrogen-bond donors (Lipinski definition) is 6. The molecule has 0 aliphatic carbocycles. The molecule has 114 valence electrons. The van der Waals surface area contributed by atoms with Gasteiger partial charge in [0.1, 0.15) is 0 Å². The molecular weight excluding hydrogens is 260 g/mol. The van der Waals surface area contributed by atoms with Crippen LogP contribution in [-0.2, 0) is 25.7 Å². The van der Waals surface area contributed by atoms with E-state index >= 15 is 0 Å². The summed E-state index contributed by atoms with van der Waals surface area (Å²) in [5.41, 5.74) is 16.2. The number of nitrogens with two attached hydrogens (primary N) is 2. The van der Waals surface area contributed by atoms with Crippen LogP contribution in [0.25, 0.3) is 0 Å².